The van der Waals surface area contributed by atoms with Crippen LogP contribution in [0.25, 0.3) is 21.9 Å². The summed E-state index contributed by atoms with van der Waals surface area (Å²) in [6, 6.07) is 7.60. The van der Waals surface area contributed by atoms with Crippen molar-refractivity contribution in [3.8, 4) is 5.75 Å². The first-order valence-electron chi connectivity index (χ1n) is 11.4. The minimum atomic E-state index is -1.67. The van der Waals surface area contributed by atoms with Gasteiger partial charge in [0.15, 0.2) is 12.4 Å². The molecule has 2 fully saturated rings. The molecule has 1 aromatic carbocycles. The number of hydrogen-bond donors (Lipinski definition) is 4. The molecule has 0 radical (unpaired) electrons. The standard InChI is InChI=1S/C23H25FN8O3/c24-18-19(33)17(35-22(18)32-4-3-15-20(26)28-10-29-21(15)32)9-34-14-2-1-11-8-27-23(31-16(11)7-14)30-13-5-12(25)6-13/h1-4,7-8,10,12-13,17-19,22,33H,5-6,9,25H2,(H2,26,28,29)(H,27,30,31)/t12?,13?,17-,18+,19-,22-/m1/s1. The number of nitrogen functional groups attached to an aromatic ring is 1. The first kappa shape index (κ1) is 21.9. The van der Waals surface area contributed by atoms with Crippen molar-refractivity contribution in [2.75, 3.05) is 17.7 Å². The van der Waals surface area contributed by atoms with Gasteiger partial charge in [-0.25, -0.2) is 24.3 Å². The predicted octanol–water partition coefficient (Wildman–Crippen LogP) is 1.53. The summed E-state index contributed by atoms with van der Waals surface area (Å²) < 4.78 is 28.2. The summed E-state index contributed by atoms with van der Waals surface area (Å²) in [7, 11) is 0. The largest absolute Gasteiger partial charge is 0.491 e. The smallest absolute Gasteiger partial charge is 0.223 e. The summed E-state index contributed by atoms with van der Waals surface area (Å²) in [5.74, 6) is 1.35. The summed E-state index contributed by atoms with van der Waals surface area (Å²) in [6.07, 6.45) is 1.46. The van der Waals surface area contributed by atoms with Crippen LogP contribution < -0.4 is 21.5 Å². The second-order valence-corrected chi connectivity index (χ2v) is 9.02. The van der Waals surface area contributed by atoms with E-state index in [1.807, 2.05) is 6.07 Å². The van der Waals surface area contributed by atoms with E-state index in [0.29, 0.717) is 28.2 Å². The van der Waals surface area contributed by atoms with Gasteiger partial charge in [-0.1, -0.05) is 0 Å². The van der Waals surface area contributed by atoms with Crippen LogP contribution in [0, 0.1) is 0 Å². The molecule has 2 aliphatic rings. The van der Waals surface area contributed by atoms with Crippen molar-refractivity contribution in [2.45, 2.75) is 49.5 Å². The summed E-state index contributed by atoms with van der Waals surface area (Å²) in [6.45, 7) is -0.0456. The molecule has 182 valence electrons. The molecule has 1 saturated heterocycles. The highest BCUT2D eigenvalue weighted by Crippen LogP contribution is 2.35. The lowest BCUT2D eigenvalue weighted by molar-refractivity contribution is -0.0410. The number of halogens is 1. The zero-order valence-electron chi connectivity index (χ0n) is 18.7. The number of aliphatic hydroxyl groups is 1. The van der Waals surface area contributed by atoms with E-state index in [1.165, 1.54) is 10.9 Å². The minimum Gasteiger partial charge on any atom is -0.491 e. The Labute approximate surface area is 199 Å². The fourth-order valence-electron chi connectivity index (χ4n) is 4.56. The molecule has 0 spiro atoms. The van der Waals surface area contributed by atoms with Crippen molar-refractivity contribution in [1.29, 1.82) is 0 Å². The highest BCUT2D eigenvalue weighted by Gasteiger charge is 2.46. The maximum Gasteiger partial charge on any atom is 0.223 e. The van der Waals surface area contributed by atoms with E-state index in [0.717, 1.165) is 18.2 Å². The van der Waals surface area contributed by atoms with Gasteiger partial charge in [0, 0.05) is 35.9 Å². The van der Waals surface area contributed by atoms with E-state index in [4.69, 9.17) is 20.9 Å². The summed E-state index contributed by atoms with van der Waals surface area (Å²) in [5.41, 5.74) is 12.8. The van der Waals surface area contributed by atoms with Gasteiger partial charge in [0.05, 0.1) is 10.9 Å². The lowest BCUT2D eigenvalue weighted by Gasteiger charge is -2.32. The Morgan fingerprint density at radius 3 is 2.91 bits per heavy atom. The Balaban J connectivity index is 1.15. The predicted molar refractivity (Wildman–Crippen MR) is 126 cm³/mol. The van der Waals surface area contributed by atoms with Gasteiger partial charge >= 0.3 is 0 Å². The second-order valence-electron chi connectivity index (χ2n) is 9.02. The van der Waals surface area contributed by atoms with E-state index < -0.39 is 24.6 Å². The number of alkyl halides is 1. The summed E-state index contributed by atoms with van der Waals surface area (Å²) >= 11 is 0. The molecular weight excluding hydrogens is 455 g/mol. The molecule has 6 rings (SSSR count). The van der Waals surface area contributed by atoms with Crippen molar-refractivity contribution in [3.63, 3.8) is 0 Å². The number of benzene rings is 1. The quantitative estimate of drug-likeness (QED) is 0.319. The van der Waals surface area contributed by atoms with Crippen molar-refractivity contribution >= 4 is 33.7 Å². The van der Waals surface area contributed by atoms with Crippen LogP contribution in [0.4, 0.5) is 16.2 Å². The number of ether oxygens (including phenoxy) is 2. The lowest BCUT2D eigenvalue weighted by Crippen LogP contribution is -2.44. The minimum absolute atomic E-state index is 0.0456. The van der Waals surface area contributed by atoms with Gasteiger partial charge in [-0.05, 0) is 31.0 Å². The number of hydrogen-bond acceptors (Lipinski definition) is 10. The molecule has 35 heavy (non-hydrogen) atoms. The van der Waals surface area contributed by atoms with Crippen LogP contribution in [-0.4, -0.2) is 66.7 Å². The van der Waals surface area contributed by atoms with Crippen LogP contribution >= 0.6 is 0 Å². The second kappa shape index (κ2) is 8.56. The van der Waals surface area contributed by atoms with Crippen LogP contribution in [0.15, 0.2) is 43.0 Å². The molecule has 0 bridgehead atoms. The van der Waals surface area contributed by atoms with Crippen LogP contribution in [-0.2, 0) is 4.74 Å². The molecule has 1 aliphatic carbocycles. The molecular formula is C23H25FN8O3. The fraction of sp³-hybridized carbons (Fsp3) is 0.391. The zero-order valence-corrected chi connectivity index (χ0v) is 18.7. The first-order chi connectivity index (χ1) is 17.0. The number of aliphatic hydroxyl groups excluding tert-OH is 1. The van der Waals surface area contributed by atoms with Crippen molar-refractivity contribution < 1.29 is 19.0 Å². The van der Waals surface area contributed by atoms with Gasteiger partial charge in [0.2, 0.25) is 5.95 Å². The molecule has 1 aliphatic heterocycles. The van der Waals surface area contributed by atoms with Gasteiger partial charge in [-0.2, -0.15) is 0 Å². The van der Waals surface area contributed by atoms with E-state index in [9.17, 15) is 5.11 Å². The lowest BCUT2D eigenvalue weighted by atomic mass is 9.88. The Bertz CT molecular complexity index is 1380. The van der Waals surface area contributed by atoms with Gasteiger partial charge in [-0.3, -0.25) is 0 Å². The van der Waals surface area contributed by atoms with Gasteiger partial charge in [-0.15, -0.1) is 0 Å². The van der Waals surface area contributed by atoms with Crippen LogP contribution in [0.2, 0.25) is 0 Å². The topological polar surface area (TPSA) is 159 Å². The number of fused-ring (bicyclic) bond motifs is 2. The number of rotatable bonds is 6. The zero-order chi connectivity index (χ0) is 24.1. The van der Waals surface area contributed by atoms with Gasteiger partial charge < -0.3 is 35.9 Å². The van der Waals surface area contributed by atoms with Gasteiger partial charge in [0.25, 0.3) is 0 Å². The third-order valence-electron chi connectivity index (χ3n) is 6.58. The molecule has 4 atom stereocenters. The van der Waals surface area contributed by atoms with E-state index in [-0.39, 0.29) is 24.5 Å². The number of anilines is 2. The third-order valence-corrected chi connectivity index (χ3v) is 6.58. The maximum atomic E-state index is 15.0. The average Bonchev–Trinajstić information content (AvgIpc) is 3.38. The first-order valence-corrected chi connectivity index (χ1v) is 11.4. The Hall–Kier alpha value is -3.61. The van der Waals surface area contributed by atoms with Crippen LogP contribution in [0.5, 0.6) is 5.75 Å². The van der Waals surface area contributed by atoms with Crippen LogP contribution in [0.3, 0.4) is 0 Å². The Morgan fingerprint density at radius 1 is 1.23 bits per heavy atom. The molecule has 3 aromatic heterocycles. The maximum absolute atomic E-state index is 15.0. The number of nitrogens with two attached hydrogens (primary N) is 2. The molecule has 12 heteroatoms. The normalized spacial score (nSPS) is 28.3. The molecule has 4 heterocycles. The highest BCUT2D eigenvalue weighted by atomic mass is 19.1. The van der Waals surface area contributed by atoms with Crippen molar-refractivity contribution in [1.82, 2.24) is 24.5 Å². The van der Waals surface area contributed by atoms with Crippen molar-refractivity contribution in [3.05, 3.63) is 43.0 Å². The molecule has 11 nitrogen and oxygen atoms in total. The number of nitrogens with zero attached hydrogens (tertiary/aromatic N) is 5. The van der Waals surface area contributed by atoms with Crippen molar-refractivity contribution in [2.24, 2.45) is 5.73 Å². The number of aromatic nitrogens is 5. The number of nitrogens with one attached hydrogen (secondary N) is 1. The monoisotopic (exact) mass is 480 g/mol. The molecule has 4 aromatic rings. The van der Waals surface area contributed by atoms with E-state index >= 15 is 4.39 Å². The molecule has 1 saturated carbocycles. The SMILES string of the molecule is Nc1ncnc2c1ccn2[C@@H]1O[C@H](COc2ccc3cnc(NC4CC(N)C4)nc3c2)[C@@H](O)[C@@H]1F. The summed E-state index contributed by atoms with van der Waals surface area (Å²) in [5, 5.41) is 15.2. The third kappa shape index (κ3) is 3.99. The van der Waals surface area contributed by atoms with E-state index in [1.54, 1.807) is 30.6 Å². The Morgan fingerprint density at radius 2 is 2.09 bits per heavy atom. The summed E-state index contributed by atoms with van der Waals surface area (Å²) in [4.78, 5) is 17.0. The molecule has 0 amide bonds. The fourth-order valence-corrected chi connectivity index (χ4v) is 4.56. The highest BCUT2D eigenvalue weighted by molar-refractivity contribution is 5.86. The molecule has 0 unspecified atom stereocenters. The van der Waals surface area contributed by atoms with Gasteiger partial charge in [0.1, 0.15) is 42.4 Å². The average molecular weight is 481 g/mol. The van der Waals surface area contributed by atoms with Crippen LogP contribution in [0.1, 0.15) is 19.1 Å². The van der Waals surface area contributed by atoms with E-state index in [2.05, 4.69) is 25.3 Å². The Kier molecular flexibility index (Phi) is 5.35. The molecule has 6 N–H and O–H groups in total.